The van der Waals surface area contributed by atoms with Crippen molar-refractivity contribution in [3.63, 3.8) is 0 Å². The van der Waals surface area contributed by atoms with Crippen molar-refractivity contribution in [3.8, 4) is 0 Å². The number of aromatic nitrogens is 3. The molecule has 19 heavy (non-hydrogen) atoms. The van der Waals surface area contributed by atoms with Gasteiger partial charge in [0.25, 0.3) is 5.91 Å². The molecule has 0 aliphatic rings. The van der Waals surface area contributed by atoms with Gasteiger partial charge in [0.2, 0.25) is 0 Å². The third-order valence-corrected chi connectivity index (χ3v) is 3.85. The number of hydrogen-bond donors (Lipinski definition) is 1. The van der Waals surface area contributed by atoms with E-state index in [1.807, 2.05) is 27.7 Å². The average Bonchev–Trinajstić information content (AvgIpc) is 2.95. The molecule has 1 atom stereocenters. The van der Waals surface area contributed by atoms with E-state index < -0.39 is 0 Å². The van der Waals surface area contributed by atoms with E-state index in [9.17, 15) is 4.79 Å². The molecule has 0 spiro atoms. The maximum atomic E-state index is 12.2. The molecule has 0 aliphatic heterocycles. The first-order valence-corrected chi connectivity index (χ1v) is 7.11. The van der Waals surface area contributed by atoms with Crippen molar-refractivity contribution in [2.24, 2.45) is 0 Å². The fraction of sp³-hybridized carbons (Fsp3) is 0.462. The highest BCUT2D eigenvalue weighted by Gasteiger charge is 2.18. The quantitative estimate of drug-likeness (QED) is 0.934. The summed E-state index contributed by atoms with van der Waals surface area (Å²) in [7, 11) is 0. The predicted molar refractivity (Wildman–Crippen MR) is 75.4 cm³/mol. The number of carbonyl (C=O) groups is 1. The molecular weight excluding hydrogens is 260 g/mol. The maximum absolute atomic E-state index is 12.2. The van der Waals surface area contributed by atoms with Crippen LogP contribution in [0.5, 0.6) is 0 Å². The second-order valence-corrected chi connectivity index (χ2v) is 5.81. The summed E-state index contributed by atoms with van der Waals surface area (Å²) >= 11 is 1.65. The molecule has 0 bridgehead atoms. The molecule has 102 valence electrons. The Balaban J connectivity index is 2.13. The minimum absolute atomic E-state index is 0.0994. The first kappa shape index (κ1) is 13.7. The second kappa shape index (κ2) is 5.52. The fourth-order valence-corrected chi connectivity index (χ4v) is 2.98. The molecule has 0 saturated heterocycles. The molecule has 5 nitrogen and oxygen atoms in total. The Hall–Kier alpha value is -1.69. The van der Waals surface area contributed by atoms with Crippen LogP contribution in [0.4, 0.5) is 0 Å². The molecule has 0 radical (unpaired) electrons. The zero-order valence-corrected chi connectivity index (χ0v) is 12.4. The molecule has 1 amide bonds. The van der Waals surface area contributed by atoms with Crippen molar-refractivity contribution in [1.29, 1.82) is 0 Å². The van der Waals surface area contributed by atoms with Crippen LogP contribution >= 0.6 is 11.3 Å². The van der Waals surface area contributed by atoms with Crippen molar-refractivity contribution in [3.05, 3.63) is 33.5 Å². The SMILES string of the molecule is CCn1nccc1C(=O)N[C@H](C)c1nc(C)sc1C. The summed E-state index contributed by atoms with van der Waals surface area (Å²) in [6.45, 7) is 8.59. The third-order valence-electron chi connectivity index (χ3n) is 2.95. The number of aryl methyl sites for hydroxylation is 3. The number of rotatable bonds is 4. The normalized spacial score (nSPS) is 12.4. The van der Waals surface area contributed by atoms with Gasteiger partial charge in [0, 0.05) is 17.6 Å². The van der Waals surface area contributed by atoms with Crippen LogP contribution in [0.25, 0.3) is 0 Å². The molecule has 0 saturated carbocycles. The van der Waals surface area contributed by atoms with Crippen LogP contribution < -0.4 is 5.32 Å². The summed E-state index contributed by atoms with van der Waals surface area (Å²) in [5.74, 6) is -0.114. The Morgan fingerprint density at radius 1 is 1.53 bits per heavy atom. The van der Waals surface area contributed by atoms with E-state index in [0.717, 1.165) is 15.6 Å². The van der Waals surface area contributed by atoms with Crippen molar-refractivity contribution < 1.29 is 4.79 Å². The van der Waals surface area contributed by atoms with E-state index in [1.54, 1.807) is 28.3 Å². The molecule has 0 aromatic carbocycles. The van der Waals surface area contributed by atoms with Crippen molar-refractivity contribution in [2.45, 2.75) is 40.3 Å². The minimum atomic E-state index is -0.114. The molecule has 1 N–H and O–H groups in total. The summed E-state index contributed by atoms with van der Waals surface area (Å²) in [5.41, 5.74) is 1.53. The van der Waals surface area contributed by atoms with E-state index in [4.69, 9.17) is 0 Å². The first-order valence-electron chi connectivity index (χ1n) is 6.29. The van der Waals surface area contributed by atoms with Crippen LogP contribution in [0.1, 0.15) is 46.0 Å². The highest BCUT2D eigenvalue weighted by molar-refractivity contribution is 7.11. The fourth-order valence-electron chi connectivity index (χ4n) is 2.06. The van der Waals surface area contributed by atoms with Crippen LogP contribution in [0.15, 0.2) is 12.3 Å². The van der Waals surface area contributed by atoms with Gasteiger partial charge in [0.1, 0.15) is 5.69 Å². The van der Waals surface area contributed by atoms with Crippen LogP contribution in [0.3, 0.4) is 0 Å². The van der Waals surface area contributed by atoms with Gasteiger partial charge in [-0.2, -0.15) is 5.10 Å². The zero-order chi connectivity index (χ0) is 14.0. The molecule has 0 fully saturated rings. The molecule has 0 aliphatic carbocycles. The Morgan fingerprint density at radius 2 is 2.26 bits per heavy atom. The summed E-state index contributed by atoms with van der Waals surface area (Å²) in [6, 6.07) is 1.63. The lowest BCUT2D eigenvalue weighted by Crippen LogP contribution is -2.29. The van der Waals surface area contributed by atoms with Gasteiger partial charge in [0.05, 0.1) is 16.7 Å². The van der Waals surface area contributed by atoms with Crippen molar-refractivity contribution >= 4 is 17.2 Å². The van der Waals surface area contributed by atoms with Gasteiger partial charge in [-0.05, 0) is 33.8 Å². The first-order chi connectivity index (χ1) is 9.02. The van der Waals surface area contributed by atoms with Gasteiger partial charge >= 0.3 is 0 Å². The number of amides is 1. The van der Waals surface area contributed by atoms with Gasteiger partial charge < -0.3 is 5.32 Å². The van der Waals surface area contributed by atoms with Gasteiger partial charge in [-0.1, -0.05) is 0 Å². The topological polar surface area (TPSA) is 59.8 Å². The smallest absolute Gasteiger partial charge is 0.270 e. The summed E-state index contributed by atoms with van der Waals surface area (Å²) in [6.07, 6.45) is 1.64. The van der Waals surface area contributed by atoms with E-state index >= 15 is 0 Å². The van der Waals surface area contributed by atoms with Crippen molar-refractivity contribution in [1.82, 2.24) is 20.1 Å². The number of carbonyl (C=O) groups excluding carboxylic acids is 1. The largest absolute Gasteiger partial charge is 0.343 e. The van der Waals surface area contributed by atoms with Crippen LogP contribution in [0, 0.1) is 13.8 Å². The Kier molecular flexibility index (Phi) is 3.99. The lowest BCUT2D eigenvalue weighted by atomic mass is 10.2. The summed E-state index contributed by atoms with van der Waals surface area (Å²) < 4.78 is 1.68. The lowest BCUT2D eigenvalue weighted by Gasteiger charge is -2.13. The van der Waals surface area contributed by atoms with Gasteiger partial charge in [-0.3, -0.25) is 9.48 Å². The lowest BCUT2D eigenvalue weighted by molar-refractivity contribution is 0.0928. The minimum Gasteiger partial charge on any atom is -0.343 e. The van der Waals surface area contributed by atoms with E-state index in [1.165, 1.54) is 0 Å². The Labute approximate surface area is 116 Å². The molecule has 6 heteroatoms. The van der Waals surface area contributed by atoms with Gasteiger partial charge in [0.15, 0.2) is 0 Å². The van der Waals surface area contributed by atoms with Crippen molar-refractivity contribution in [2.75, 3.05) is 0 Å². The maximum Gasteiger partial charge on any atom is 0.270 e. The standard InChI is InChI=1S/C13H18N4OS/c1-5-17-11(6-7-14-17)13(18)15-8(2)12-9(3)19-10(4)16-12/h6-8H,5H2,1-4H3,(H,15,18)/t8-/m1/s1. The summed E-state index contributed by atoms with van der Waals surface area (Å²) in [5, 5.41) is 8.09. The van der Waals surface area contributed by atoms with E-state index in [-0.39, 0.29) is 11.9 Å². The predicted octanol–water partition coefficient (Wildman–Crippen LogP) is 2.47. The van der Waals surface area contributed by atoms with Crippen LogP contribution in [-0.2, 0) is 6.54 Å². The van der Waals surface area contributed by atoms with Crippen LogP contribution in [0.2, 0.25) is 0 Å². The molecule has 2 heterocycles. The number of nitrogens with zero attached hydrogens (tertiary/aromatic N) is 3. The van der Waals surface area contributed by atoms with E-state index in [2.05, 4.69) is 15.4 Å². The molecule has 2 rings (SSSR count). The van der Waals surface area contributed by atoms with E-state index in [0.29, 0.717) is 12.2 Å². The van der Waals surface area contributed by atoms with Gasteiger partial charge in [-0.15, -0.1) is 11.3 Å². The highest BCUT2D eigenvalue weighted by Crippen LogP contribution is 2.22. The number of hydrogen-bond acceptors (Lipinski definition) is 4. The third kappa shape index (κ3) is 2.84. The molecular formula is C13H18N4OS. The number of thiazole rings is 1. The highest BCUT2D eigenvalue weighted by atomic mass is 32.1. The Morgan fingerprint density at radius 3 is 2.84 bits per heavy atom. The average molecular weight is 278 g/mol. The summed E-state index contributed by atoms with van der Waals surface area (Å²) in [4.78, 5) is 17.8. The molecule has 2 aromatic rings. The number of nitrogens with one attached hydrogen (secondary N) is 1. The zero-order valence-electron chi connectivity index (χ0n) is 11.6. The Bertz CT molecular complexity index is 587. The van der Waals surface area contributed by atoms with Gasteiger partial charge in [-0.25, -0.2) is 4.98 Å². The monoisotopic (exact) mass is 278 g/mol. The molecule has 0 unspecified atom stereocenters. The second-order valence-electron chi connectivity index (χ2n) is 4.40. The van der Waals surface area contributed by atoms with Crippen LogP contribution in [-0.4, -0.2) is 20.7 Å². The molecule has 2 aromatic heterocycles.